The predicted molar refractivity (Wildman–Crippen MR) is 63.4 cm³/mol. The summed E-state index contributed by atoms with van der Waals surface area (Å²) in [6.45, 7) is 1.25. The Morgan fingerprint density at radius 2 is 2.07 bits per heavy atom. The van der Waals surface area contributed by atoms with E-state index in [-0.39, 0.29) is 0 Å². The van der Waals surface area contributed by atoms with Gasteiger partial charge in [-0.3, -0.25) is 4.68 Å². The molecule has 0 bridgehead atoms. The summed E-state index contributed by atoms with van der Waals surface area (Å²) in [6, 6.07) is 10.1. The minimum atomic E-state index is 0.489. The average Bonchev–Trinajstić information content (AvgIpc) is 2.69. The number of nitrogens with zero attached hydrogens (tertiary/aromatic N) is 2. The van der Waals surface area contributed by atoms with Crippen molar-refractivity contribution in [2.75, 3.05) is 0 Å². The maximum atomic E-state index is 5.50. The lowest BCUT2D eigenvalue weighted by molar-refractivity contribution is 0.670. The van der Waals surface area contributed by atoms with Gasteiger partial charge < -0.3 is 5.73 Å². The summed E-state index contributed by atoms with van der Waals surface area (Å²) in [7, 11) is 0. The van der Waals surface area contributed by atoms with Gasteiger partial charge in [0.25, 0.3) is 0 Å². The smallest absolute Gasteiger partial charge is 0.0760 e. The summed E-state index contributed by atoms with van der Waals surface area (Å²) in [5, 5.41) is 4.34. The molecule has 0 saturated heterocycles. The molecule has 0 amide bonds. The topological polar surface area (TPSA) is 43.8 Å². The number of benzene rings is 1. The molecule has 1 heterocycles. The standard InChI is InChI=1S/C11H12BrN3/c12-11-4-2-1-3-9(11)8-15-6-5-10(7-13)14-15/h1-6H,7-8,13H2. The van der Waals surface area contributed by atoms with Crippen LogP contribution in [0.2, 0.25) is 0 Å². The zero-order valence-corrected chi connectivity index (χ0v) is 9.81. The van der Waals surface area contributed by atoms with Crippen LogP contribution in [0.4, 0.5) is 0 Å². The van der Waals surface area contributed by atoms with Crippen LogP contribution >= 0.6 is 15.9 Å². The molecule has 1 aromatic carbocycles. The van der Waals surface area contributed by atoms with E-state index in [1.807, 2.05) is 35.1 Å². The Morgan fingerprint density at radius 1 is 1.27 bits per heavy atom. The highest BCUT2D eigenvalue weighted by atomic mass is 79.9. The first-order chi connectivity index (χ1) is 7.29. The number of halogens is 1. The van der Waals surface area contributed by atoms with Crippen LogP contribution < -0.4 is 5.73 Å². The quantitative estimate of drug-likeness (QED) is 0.925. The van der Waals surface area contributed by atoms with Crippen molar-refractivity contribution in [1.29, 1.82) is 0 Å². The fourth-order valence-corrected chi connectivity index (χ4v) is 1.81. The van der Waals surface area contributed by atoms with E-state index in [9.17, 15) is 0 Å². The molecule has 0 saturated carbocycles. The molecule has 0 aliphatic carbocycles. The Kier molecular flexibility index (Phi) is 3.18. The molecule has 0 fully saturated rings. The molecule has 78 valence electrons. The molecule has 0 unspecified atom stereocenters. The Labute approximate surface area is 97.0 Å². The van der Waals surface area contributed by atoms with E-state index < -0.39 is 0 Å². The molecule has 2 rings (SSSR count). The fraction of sp³-hybridized carbons (Fsp3) is 0.182. The Hall–Kier alpha value is -1.13. The van der Waals surface area contributed by atoms with Crippen molar-refractivity contribution in [1.82, 2.24) is 9.78 Å². The summed E-state index contributed by atoms with van der Waals surface area (Å²) in [5.41, 5.74) is 7.63. The molecule has 4 heteroatoms. The second-order valence-electron chi connectivity index (χ2n) is 3.30. The summed E-state index contributed by atoms with van der Waals surface area (Å²) in [4.78, 5) is 0. The third-order valence-electron chi connectivity index (χ3n) is 2.20. The van der Waals surface area contributed by atoms with Gasteiger partial charge in [-0.25, -0.2) is 0 Å². The average molecular weight is 266 g/mol. The molecule has 0 aliphatic heterocycles. The van der Waals surface area contributed by atoms with Gasteiger partial charge in [0.15, 0.2) is 0 Å². The van der Waals surface area contributed by atoms with Gasteiger partial charge in [0.2, 0.25) is 0 Å². The minimum Gasteiger partial charge on any atom is -0.325 e. The zero-order valence-electron chi connectivity index (χ0n) is 8.23. The number of hydrogen-bond acceptors (Lipinski definition) is 2. The van der Waals surface area contributed by atoms with Crippen molar-refractivity contribution in [3.63, 3.8) is 0 Å². The van der Waals surface area contributed by atoms with Crippen LogP contribution in [0, 0.1) is 0 Å². The molecule has 2 aromatic rings. The minimum absolute atomic E-state index is 0.489. The van der Waals surface area contributed by atoms with Crippen LogP contribution in [0.5, 0.6) is 0 Å². The van der Waals surface area contributed by atoms with Crippen LogP contribution in [0.25, 0.3) is 0 Å². The highest BCUT2D eigenvalue weighted by Crippen LogP contribution is 2.16. The van der Waals surface area contributed by atoms with Crippen LogP contribution in [0.15, 0.2) is 41.0 Å². The molecule has 0 radical (unpaired) electrons. The normalized spacial score (nSPS) is 10.5. The first kappa shape index (κ1) is 10.4. The fourth-order valence-electron chi connectivity index (χ4n) is 1.40. The van der Waals surface area contributed by atoms with Crippen molar-refractivity contribution >= 4 is 15.9 Å². The lowest BCUT2D eigenvalue weighted by Gasteiger charge is -2.04. The van der Waals surface area contributed by atoms with Crippen molar-refractivity contribution < 1.29 is 0 Å². The van der Waals surface area contributed by atoms with Gasteiger partial charge in [0.05, 0.1) is 12.2 Å². The second kappa shape index (κ2) is 4.59. The lowest BCUT2D eigenvalue weighted by atomic mass is 10.2. The van der Waals surface area contributed by atoms with Crippen molar-refractivity contribution in [2.45, 2.75) is 13.1 Å². The van der Waals surface area contributed by atoms with E-state index in [1.165, 1.54) is 5.56 Å². The third-order valence-corrected chi connectivity index (χ3v) is 2.97. The van der Waals surface area contributed by atoms with Crippen LogP contribution in [0.3, 0.4) is 0 Å². The molecule has 15 heavy (non-hydrogen) atoms. The Morgan fingerprint density at radius 3 is 2.73 bits per heavy atom. The first-order valence-electron chi connectivity index (χ1n) is 4.75. The van der Waals surface area contributed by atoms with E-state index in [4.69, 9.17) is 5.73 Å². The number of hydrogen-bond donors (Lipinski definition) is 1. The number of nitrogens with two attached hydrogens (primary N) is 1. The maximum Gasteiger partial charge on any atom is 0.0760 e. The largest absolute Gasteiger partial charge is 0.325 e. The van der Waals surface area contributed by atoms with Crippen LogP contribution in [0.1, 0.15) is 11.3 Å². The van der Waals surface area contributed by atoms with Crippen molar-refractivity contribution in [2.24, 2.45) is 5.73 Å². The van der Waals surface area contributed by atoms with Gasteiger partial charge in [-0.05, 0) is 17.7 Å². The van der Waals surface area contributed by atoms with E-state index in [0.717, 1.165) is 16.7 Å². The zero-order chi connectivity index (χ0) is 10.7. The van der Waals surface area contributed by atoms with Gasteiger partial charge in [-0.1, -0.05) is 34.1 Å². The van der Waals surface area contributed by atoms with Crippen LogP contribution in [-0.4, -0.2) is 9.78 Å². The van der Waals surface area contributed by atoms with E-state index in [0.29, 0.717) is 6.54 Å². The highest BCUT2D eigenvalue weighted by molar-refractivity contribution is 9.10. The van der Waals surface area contributed by atoms with E-state index in [1.54, 1.807) is 0 Å². The van der Waals surface area contributed by atoms with Crippen molar-refractivity contribution in [3.8, 4) is 0 Å². The summed E-state index contributed by atoms with van der Waals surface area (Å²) in [5.74, 6) is 0. The Bertz CT molecular complexity index is 451. The van der Waals surface area contributed by atoms with Gasteiger partial charge in [-0.2, -0.15) is 5.10 Å². The molecule has 0 atom stereocenters. The van der Waals surface area contributed by atoms with Crippen molar-refractivity contribution in [3.05, 3.63) is 52.3 Å². The van der Waals surface area contributed by atoms with Gasteiger partial charge in [-0.15, -0.1) is 0 Å². The van der Waals surface area contributed by atoms with Gasteiger partial charge in [0.1, 0.15) is 0 Å². The summed E-state index contributed by atoms with van der Waals surface area (Å²) >= 11 is 3.51. The summed E-state index contributed by atoms with van der Waals surface area (Å²) < 4.78 is 3.00. The molecule has 2 N–H and O–H groups in total. The third kappa shape index (κ3) is 2.46. The molecular formula is C11H12BrN3. The monoisotopic (exact) mass is 265 g/mol. The molecule has 0 aliphatic rings. The van der Waals surface area contributed by atoms with Gasteiger partial charge in [0, 0.05) is 17.2 Å². The van der Waals surface area contributed by atoms with Gasteiger partial charge >= 0.3 is 0 Å². The predicted octanol–water partition coefficient (Wildman–Crippen LogP) is 2.15. The lowest BCUT2D eigenvalue weighted by Crippen LogP contribution is -2.03. The number of aromatic nitrogens is 2. The second-order valence-corrected chi connectivity index (χ2v) is 4.15. The van der Waals surface area contributed by atoms with E-state index >= 15 is 0 Å². The summed E-state index contributed by atoms with van der Waals surface area (Å²) in [6.07, 6.45) is 1.95. The SMILES string of the molecule is NCc1ccn(Cc2ccccc2Br)n1. The first-order valence-corrected chi connectivity index (χ1v) is 5.54. The highest BCUT2D eigenvalue weighted by Gasteiger charge is 2.01. The van der Waals surface area contributed by atoms with E-state index in [2.05, 4.69) is 27.1 Å². The van der Waals surface area contributed by atoms with Crippen LogP contribution in [-0.2, 0) is 13.1 Å². The molecule has 1 aromatic heterocycles. The number of rotatable bonds is 3. The maximum absolute atomic E-state index is 5.50. The Balaban J connectivity index is 2.18. The molecular weight excluding hydrogens is 254 g/mol. The molecule has 3 nitrogen and oxygen atoms in total. The molecule has 0 spiro atoms.